The Morgan fingerprint density at radius 1 is 1.43 bits per heavy atom. The first-order valence-corrected chi connectivity index (χ1v) is 7.76. The SMILES string of the molecule is CN(Cc1cnn(-c2ccccc2)n1)C(=O)NC[C@@H]1CCOC1. The molecule has 7 nitrogen and oxygen atoms in total. The van der Waals surface area contributed by atoms with Gasteiger partial charge in [0.05, 0.1) is 25.0 Å². The van der Waals surface area contributed by atoms with Crippen LogP contribution in [-0.4, -0.2) is 52.7 Å². The number of amides is 2. The summed E-state index contributed by atoms with van der Waals surface area (Å²) in [6.07, 6.45) is 2.69. The standard InChI is InChI=1S/C16H21N5O2/c1-20(16(22)17-9-13-7-8-23-12-13)11-14-10-18-21(19-14)15-5-3-2-4-6-15/h2-6,10,13H,7-9,11-12H2,1H3,(H,17,22)/t13-/m0/s1. The third-order valence-corrected chi connectivity index (χ3v) is 3.84. The Morgan fingerprint density at radius 3 is 3.00 bits per heavy atom. The second-order valence-electron chi connectivity index (χ2n) is 5.73. The zero-order valence-electron chi connectivity index (χ0n) is 13.2. The van der Waals surface area contributed by atoms with Gasteiger partial charge >= 0.3 is 6.03 Å². The van der Waals surface area contributed by atoms with Crippen molar-refractivity contribution in [3.63, 3.8) is 0 Å². The first-order valence-electron chi connectivity index (χ1n) is 7.76. The molecule has 3 rings (SSSR count). The number of carbonyl (C=O) groups is 1. The summed E-state index contributed by atoms with van der Waals surface area (Å²) in [5.74, 6) is 0.423. The summed E-state index contributed by atoms with van der Waals surface area (Å²) in [5.41, 5.74) is 1.64. The number of nitrogens with zero attached hydrogens (tertiary/aromatic N) is 4. The van der Waals surface area contributed by atoms with Crippen LogP contribution in [0.2, 0.25) is 0 Å². The second-order valence-corrected chi connectivity index (χ2v) is 5.73. The molecule has 0 saturated carbocycles. The highest BCUT2D eigenvalue weighted by Gasteiger charge is 2.18. The van der Waals surface area contributed by atoms with E-state index in [0.29, 0.717) is 19.0 Å². The van der Waals surface area contributed by atoms with Crippen molar-refractivity contribution >= 4 is 6.03 Å². The predicted octanol–water partition coefficient (Wildman–Crippen LogP) is 1.45. The van der Waals surface area contributed by atoms with Crippen molar-refractivity contribution in [3.05, 3.63) is 42.2 Å². The molecule has 1 N–H and O–H groups in total. The largest absolute Gasteiger partial charge is 0.381 e. The van der Waals surface area contributed by atoms with Crippen molar-refractivity contribution in [2.45, 2.75) is 13.0 Å². The fourth-order valence-electron chi connectivity index (χ4n) is 2.48. The van der Waals surface area contributed by atoms with Crippen LogP contribution in [0.3, 0.4) is 0 Å². The minimum absolute atomic E-state index is 0.105. The number of para-hydroxylation sites is 1. The van der Waals surface area contributed by atoms with E-state index in [2.05, 4.69) is 15.5 Å². The number of benzene rings is 1. The van der Waals surface area contributed by atoms with E-state index in [0.717, 1.165) is 31.0 Å². The van der Waals surface area contributed by atoms with E-state index in [1.807, 2.05) is 30.3 Å². The maximum absolute atomic E-state index is 12.1. The van der Waals surface area contributed by atoms with Crippen LogP contribution < -0.4 is 5.32 Å². The van der Waals surface area contributed by atoms with Crippen LogP contribution in [0.15, 0.2) is 36.5 Å². The number of rotatable bonds is 5. The van der Waals surface area contributed by atoms with Crippen LogP contribution in [0, 0.1) is 5.92 Å². The Bertz CT molecular complexity index is 637. The first kappa shape index (κ1) is 15.5. The third-order valence-electron chi connectivity index (χ3n) is 3.84. The fourth-order valence-corrected chi connectivity index (χ4v) is 2.48. The van der Waals surface area contributed by atoms with Crippen LogP contribution in [0.4, 0.5) is 4.79 Å². The second kappa shape index (κ2) is 7.23. The zero-order valence-corrected chi connectivity index (χ0v) is 13.2. The van der Waals surface area contributed by atoms with E-state index in [1.165, 1.54) is 0 Å². The Balaban J connectivity index is 1.52. The molecule has 0 spiro atoms. The average molecular weight is 315 g/mol. The molecule has 1 atom stereocenters. The number of hydrogen-bond acceptors (Lipinski definition) is 4. The molecule has 1 fully saturated rings. The van der Waals surface area contributed by atoms with Gasteiger partial charge < -0.3 is 15.0 Å². The van der Waals surface area contributed by atoms with E-state index in [-0.39, 0.29) is 6.03 Å². The van der Waals surface area contributed by atoms with E-state index >= 15 is 0 Å². The zero-order chi connectivity index (χ0) is 16.1. The highest BCUT2D eigenvalue weighted by molar-refractivity contribution is 5.73. The van der Waals surface area contributed by atoms with Gasteiger partial charge in [0.15, 0.2) is 0 Å². The normalized spacial score (nSPS) is 17.2. The van der Waals surface area contributed by atoms with Gasteiger partial charge in [-0.1, -0.05) is 18.2 Å². The lowest BCUT2D eigenvalue weighted by Gasteiger charge is -2.18. The molecule has 1 aliphatic heterocycles. The Kier molecular flexibility index (Phi) is 4.87. The monoisotopic (exact) mass is 315 g/mol. The van der Waals surface area contributed by atoms with Gasteiger partial charge in [-0.15, -0.1) is 0 Å². The number of hydrogen-bond donors (Lipinski definition) is 1. The molecule has 2 aromatic rings. The summed E-state index contributed by atoms with van der Waals surface area (Å²) in [5, 5.41) is 11.6. The summed E-state index contributed by atoms with van der Waals surface area (Å²) in [6, 6.07) is 9.58. The van der Waals surface area contributed by atoms with Gasteiger partial charge in [-0.25, -0.2) is 4.79 Å². The van der Waals surface area contributed by atoms with Crippen molar-refractivity contribution in [2.75, 3.05) is 26.8 Å². The highest BCUT2D eigenvalue weighted by Crippen LogP contribution is 2.11. The summed E-state index contributed by atoms with van der Waals surface area (Å²) in [4.78, 5) is 15.3. The molecule has 2 heterocycles. The quantitative estimate of drug-likeness (QED) is 0.906. The molecular weight excluding hydrogens is 294 g/mol. The molecule has 0 aliphatic carbocycles. The molecular formula is C16H21N5O2. The van der Waals surface area contributed by atoms with Gasteiger partial charge in [-0.3, -0.25) is 0 Å². The first-order chi connectivity index (χ1) is 11.2. The fraction of sp³-hybridized carbons (Fsp3) is 0.438. The smallest absolute Gasteiger partial charge is 0.317 e. The number of carbonyl (C=O) groups excluding carboxylic acids is 1. The molecule has 1 aromatic carbocycles. The Morgan fingerprint density at radius 2 is 2.26 bits per heavy atom. The van der Waals surface area contributed by atoms with Crippen molar-refractivity contribution < 1.29 is 9.53 Å². The summed E-state index contributed by atoms with van der Waals surface area (Å²) in [7, 11) is 1.75. The van der Waals surface area contributed by atoms with E-state index in [1.54, 1.807) is 22.9 Å². The molecule has 1 aromatic heterocycles. The molecule has 0 unspecified atom stereocenters. The van der Waals surface area contributed by atoms with Crippen LogP contribution in [-0.2, 0) is 11.3 Å². The molecule has 2 amide bonds. The lowest BCUT2D eigenvalue weighted by Crippen LogP contribution is -2.39. The molecule has 122 valence electrons. The van der Waals surface area contributed by atoms with Gasteiger partial charge in [0.2, 0.25) is 0 Å². The molecule has 7 heteroatoms. The van der Waals surface area contributed by atoms with Crippen LogP contribution in [0.25, 0.3) is 5.69 Å². The highest BCUT2D eigenvalue weighted by atomic mass is 16.5. The number of ether oxygens (including phenoxy) is 1. The predicted molar refractivity (Wildman–Crippen MR) is 85.2 cm³/mol. The van der Waals surface area contributed by atoms with Crippen LogP contribution in [0.5, 0.6) is 0 Å². The van der Waals surface area contributed by atoms with Crippen molar-refractivity contribution in [3.8, 4) is 5.69 Å². The topological polar surface area (TPSA) is 72.3 Å². The van der Waals surface area contributed by atoms with Gasteiger partial charge in [0, 0.05) is 26.1 Å². The Hall–Kier alpha value is -2.41. The Labute approximate surface area is 135 Å². The number of aromatic nitrogens is 3. The van der Waals surface area contributed by atoms with E-state index in [9.17, 15) is 4.79 Å². The molecule has 0 radical (unpaired) electrons. The van der Waals surface area contributed by atoms with Gasteiger partial charge in [-0.2, -0.15) is 15.0 Å². The third kappa shape index (κ3) is 4.07. The van der Waals surface area contributed by atoms with Crippen molar-refractivity contribution in [1.29, 1.82) is 0 Å². The van der Waals surface area contributed by atoms with Crippen molar-refractivity contribution in [2.24, 2.45) is 5.92 Å². The number of nitrogens with one attached hydrogen (secondary N) is 1. The molecule has 1 aliphatic rings. The van der Waals surface area contributed by atoms with E-state index < -0.39 is 0 Å². The molecule has 0 bridgehead atoms. The minimum Gasteiger partial charge on any atom is -0.381 e. The van der Waals surface area contributed by atoms with Crippen molar-refractivity contribution in [1.82, 2.24) is 25.2 Å². The van der Waals surface area contributed by atoms with Crippen LogP contribution in [0.1, 0.15) is 12.1 Å². The maximum atomic E-state index is 12.1. The maximum Gasteiger partial charge on any atom is 0.317 e. The van der Waals surface area contributed by atoms with Gasteiger partial charge in [0.1, 0.15) is 5.69 Å². The summed E-state index contributed by atoms with van der Waals surface area (Å²) < 4.78 is 5.30. The molecule has 23 heavy (non-hydrogen) atoms. The van der Waals surface area contributed by atoms with Gasteiger partial charge in [-0.05, 0) is 18.6 Å². The lowest BCUT2D eigenvalue weighted by atomic mass is 10.1. The summed E-state index contributed by atoms with van der Waals surface area (Å²) >= 11 is 0. The number of urea groups is 1. The van der Waals surface area contributed by atoms with E-state index in [4.69, 9.17) is 4.74 Å². The minimum atomic E-state index is -0.105. The lowest BCUT2D eigenvalue weighted by molar-refractivity contribution is 0.182. The summed E-state index contributed by atoms with van der Waals surface area (Å²) in [6.45, 7) is 2.59. The van der Waals surface area contributed by atoms with Gasteiger partial charge in [0.25, 0.3) is 0 Å². The van der Waals surface area contributed by atoms with Crippen LogP contribution >= 0.6 is 0 Å². The molecule has 1 saturated heterocycles. The average Bonchev–Trinajstić information content (AvgIpc) is 3.25.